The van der Waals surface area contributed by atoms with Crippen molar-refractivity contribution in [2.24, 2.45) is 5.73 Å². The summed E-state index contributed by atoms with van der Waals surface area (Å²) in [4.78, 5) is 11.5. The van der Waals surface area contributed by atoms with Crippen LogP contribution in [0.3, 0.4) is 0 Å². The molecule has 0 bridgehead atoms. The molecule has 0 fully saturated rings. The molecule has 5 heteroatoms. The molecule has 102 valence electrons. The van der Waals surface area contributed by atoms with E-state index in [9.17, 15) is 9.18 Å². The van der Waals surface area contributed by atoms with E-state index in [2.05, 4.69) is 5.32 Å². The zero-order chi connectivity index (χ0) is 12.8. The van der Waals surface area contributed by atoms with Crippen molar-refractivity contribution in [3.63, 3.8) is 0 Å². The van der Waals surface area contributed by atoms with Gasteiger partial charge in [-0.25, -0.2) is 4.39 Å². The molecule has 0 saturated heterocycles. The number of halogens is 2. The summed E-state index contributed by atoms with van der Waals surface area (Å²) in [5, 5.41) is 2.74. The summed E-state index contributed by atoms with van der Waals surface area (Å²) >= 11 is 0. The molecule has 0 aliphatic heterocycles. The van der Waals surface area contributed by atoms with Gasteiger partial charge in [-0.1, -0.05) is 25.5 Å². The molecule has 0 radical (unpaired) electrons. The van der Waals surface area contributed by atoms with Crippen LogP contribution in [-0.4, -0.2) is 11.9 Å². The summed E-state index contributed by atoms with van der Waals surface area (Å²) in [6.45, 7) is 4.07. The average molecular weight is 275 g/mol. The molecular weight excluding hydrogens is 255 g/mol. The van der Waals surface area contributed by atoms with Crippen LogP contribution in [0.2, 0.25) is 0 Å². The standard InChI is InChI=1S/C13H19FN2O.ClH/c1-3-4-12(15)13(17)16-8-10-5-6-11(14)9(2)7-10;/h5-7,12H,3-4,8,15H2,1-2H3,(H,16,17);1H. The van der Waals surface area contributed by atoms with Crippen LogP contribution in [0.5, 0.6) is 0 Å². The lowest BCUT2D eigenvalue weighted by atomic mass is 10.1. The minimum absolute atomic E-state index is 0. The first-order chi connectivity index (χ1) is 8.04. The second kappa shape index (κ2) is 8.06. The van der Waals surface area contributed by atoms with E-state index in [0.29, 0.717) is 18.5 Å². The number of nitrogens with one attached hydrogen (secondary N) is 1. The van der Waals surface area contributed by atoms with E-state index < -0.39 is 6.04 Å². The predicted molar refractivity (Wildman–Crippen MR) is 73.1 cm³/mol. The molecular formula is C13H20ClFN2O. The Labute approximate surface area is 113 Å². The van der Waals surface area contributed by atoms with Gasteiger partial charge in [0.15, 0.2) is 0 Å². The van der Waals surface area contributed by atoms with Gasteiger partial charge in [-0.15, -0.1) is 12.4 Å². The van der Waals surface area contributed by atoms with Crippen molar-refractivity contribution in [1.29, 1.82) is 0 Å². The predicted octanol–water partition coefficient (Wildman–Crippen LogP) is 2.30. The van der Waals surface area contributed by atoms with Crippen molar-refractivity contribution < 1.29 is 9.18 Å². The van der Waals surface area contributed by atoms with Gasteiger partial charge in [-0.3, -0.25) is 4.79 Å². The minimum Gasteiger partial charge on any atom is -0.351 e. The normalized spacial score (nSPS) is 11.6. The lowest BCUT2D eigenvalue weighted by Gasteiger charge is -2.11. The molecule has 1 amide bonds. The molecule has 1 atom stereocenters. The minimum atomic E-state index is -0.457. The second-order valence-corrected chi connectivity index (χ2v) is 4.20. The number of aryl methyl sites for hydroxylation is 1. The Kier molecular flexibility index (Phi) is 7.55. The average Bonchev–Trinajstić information content (AvgIpc) is 2.30. The number of carbonyl (C=O) groups excluding carboxylic acids is 1. The zero-order valence-electron chi connectivity index (χ0n) is 10.7. The summed E-state index contributed by atoms with van der Waals surface area (Å²) in [5.41, 5.74) is 7.13. The fourth-order valence-electron chi connectivity index (χ4n) is 1.58. The van der Waals surface area contributed by atoms with Gasteiger partial charge in [0.1, 0.15) is 5.82 Å². The number of carbonyl (C=O) groups is 1. The van der Waals surface area contributed by atoms with Crippen molar-refractivity contribution >= 4 is 18.3 Å². The molecule has 1 aromatic rings. The van der Waals surface area contributed by atoms with E-state index >= 15 is 0 Å². The summed E-state index contributed by atoms with van der Waals surface area (Å²) < 4.78 is 13.0. The van der Waals surface area contributed by atoms with Gasteiger partial charge < -0.3 is 11.1 Å². The number of hydrogen-bond donors (Lipinski definition) is 2. The SMILES string of the molecule is CCCC(N)C(=O)NCc1ccc(F)c(C)c1.Cl. The monoisotopic (exact) mass is 274 g/mol. The third kappa shape index (κ3) is 5.02. The van der Waals surface area contributed by atoms with Crippen LogP contribution < -0.4 is 11.1 Å². The number of rotatable bonds is 5. The molecule has 3 nitrogen and oxygen atoms in total. The Morgan fingerprint density at radius 1 is 1.50 bits per heavy atom. The van der Waals surface area contributed by atoms with Crippen LogP contribution in [0, 0.1) is 12.7 Å². The lowest BCUT2D eigenvalue weighted by Crippen LogP contribution is -2.40. The van der Waals surface area contributed by atoms with Crippen LogP contribution in [0.4, 0.5) is 4.39 Å². The smallest absolute Gasteiger partial charge is 0.237 e. The molecule has 1 unspecified atom stereocenters. The van der Waals surface area contributed by atoms with E-state index in [1.54, 1.807) is 19.1 Å². The van der Waals surface area contributed by atoms with Crippen molar-refractivity contribution in [3.05, 3.63) is 35.1 Å². The largest absolute Gasteiger partial charge is 0.351 e. The van der Waals surface area contributed by atoms with Crippen LogP contribution in [-0.2, 0) is 11.3 Å². The molecule has 0 aliphatic carbocycles. The first-order valence-corrected chi connectivity index (χ1v) is 5.83. The molecule has 0 aliphatic rings. The topological polar surface area (TPSA) is 55.1 Å². The van der Waals surface area contributed by atoms with Crippen LogP contribution in [0.1, 0.15) is 30.9 Å². The molecule has 3 N–H and O–H groups in total. The van der Waals surface area contributed by atoms with Gasteiger partial charge in [0, 0.05) is 6.54 Å². The van der Waals surface area contributed by atoms with E-state index in [4.69, 9.17) is 5.73 Å². The lowest BCUT2D eigenvalue weighted by molar-refractivity contribution is -0.122. The Balaban J connectivity index is 0.00000289. The van der Waals surface area contributed by atoms with Gasteiger partial charge in [0.2, 0.25) is 5.91 Å². The van der Waals surface area contributed by atoms with E-state index in [0.717, 1.165) is 12.0 Å². The zero-order valence-corrected chi connectivity index (χ0v) is 11.5. The summed E-state index contributed by atoms with van der Waals surface area (Å²) in [6, 6.07) is 4.33. The quantitative estimate of drug-likeness (QED) is 0.866. The molecule has 0 aromatic heterocycles. The second-order valence-electron chi connectivity index (χ2n) is 4.20. The first kappa shape index (κ1) is 16.9. The van der Waals surface area contributed by atoms with Crippen molar-refractivity contribution in [1.82, 2.24) is 5.32 Å². The summed E-state index contributed by atoms with van der Waals surface area (Å²) in [6.07, 6.45) is 1.55. The van der Waals surface area contributed by atoms with E-state index in [-0.39, 0.29) is 24.1 Å². The van der Waals surface area contributed by atoms with Crippen LogP contribution >= 0.6 is 12.4 Å². The fourth-order valence-corrected chi connectivity index (χ4v) is 1.58. The Bertz CT molecular complexity index is 399. The number of nitrogens with two attached hydrogens (primary N) is 1. The molecule has 0 heterocycles. The van der Waals surface area contributed by atoms with Gasteiger partial charge in [-0.2, -0.15) is 0 Å². The molecule has 18 heavy (non-hydrogen) atoms. The van der Waals surface area contributed by atoms with Crippen LogP contribution in [0.15, 0.2) is 18.2 Å². The third-order valence-electron chi connectivity index (χ3n) is 2.63. The van der Waals surface area contributed by atoms with Crippen molar-refractivity contribution in [2.75, 3.05) is 0 Å². The van der Waals surface area contributed by atoms with Gasteiger partial charge in [0.25, 0.3) is 0 Å². The molecule has 1 aromatic carbocycles. The van der Waals surface area contributed by atoms with Gasteiger partial charge >= 0.3 is 0 Å². The first-order valence-electron chi connectivity index (χ1n) is 5.83. The highest BCUT2D eigenvalue weighted by molar-refractivity contribution is 5.85. The maximum absolute atomic E-state index is 13.0. The summed E-state index contributed by atoms with van der Waals surface area (Å²) in [7, 11) is 0. The number of benzene rings is 1. The van der Waals surface area contributed by atoms with Crippen LogP contribution in [0.25, 0.3) is 0 Å². The number of amides is 1. The maximum atomic E-state index is 13.0. The highest BCUT2D eigenvalue weighted by Crippen LogP contribution is 2.09. The molecule has 1 rings (SSSR count). The Morgan fingerprint density at radius 2 is 2.17 bits per heavy atom. The Morgan fingerprint density at radius 3 is 2.72 bits per heavy atom. The van der Waals surface area contributed by atoms with Gasteiger partial charge in [0.05, 0.1) is 6.04 Å². The van der Waals surface area contributed by atoms with E-state index in [1.165, 1.54) is 6.07 Å². The van der Waals surface area contributed by atoms with Crippen molar-refractivity contribution in [2.45, 2.75) is 39.3 Å². The van der Waals surface area contributed by atoms with Gasteiger partial charge in [-0.05, 0) is 30.5 Å². The highest BCUT2D eigenvalue weighted by Gasteiger charge is 2.11. The third-order valence-corrected chi connectivity index (χ3v) is 2.63. The Hall–Kier alpha value is -1.13. The maximum Gasteiger partial charge on any atom is 0.237 e. The van der Waals surface area contributed by atoms with Crippen molar-refractivity contribution in [3.8, 4) is 0 Å². The molecule has 0 saturated carbocycles. The molecule has 0 spiro atoms. The highest BCUT2D eigenvalue weighted by atomic mass is 35.5. The number of hydrogen-bond acceptors (Lipinski definition) is 2. The van der Waals surface area contributed by atoms with E-state index in [1.807, 2.05) is 6.92 Å². The summed E-state index contributed by atoms with van der Waals surface area (Å²) in [5.74, 6) is -0.392. The fraction of sp³-hybridized carbons (Fsp3) is 0.462.